The maximum Gasteiger partial charge on any atom is 0.319 e. The summed E-state index contributed by atoms with van der Waals surface area (Å²) in [7, 11) is 0. The van der Waals surface area contributed by atoms with Gasteiger partial charge in [0.1, 0.15) is 11.2 Å². The molecule has 0 spiro atoms. The standard InChI is InChI=1S/C10H17NO3/c1-3-14-9(13)10(8(2)12)4-6-11-7-5-10/h11H,3-7H2,1-2H3. The third kappa shape index (κ3) is 1.95. The van der Waals surface area contributed by atoms with E-state index in [1.54, 1.807) is 6.92 Å². The first-order valence-corrected chi connectivity index (χ1v) is 5.02. The van der Waals surface area contributed by atoms with Crippen LogP contribution in [0.4, 0.5) is 0 Å². The fourth-order valence-electron chi connectivity index (χ4n) is 1.82. The number of Topliss-reactive ketones (excluding diaryl/α,β-unsaturated/α-hetero) is 1. The topological polar surface area (TPSA) is 55.4 Å². The zero-order valence-corrected chi connectivity index (χ0v) is 8.76. The first-order chi connectivity index (χ1) is 6.63. The molecule has 1 heterocycles. The molecule has 1 rings (SSSR count). The average molecular weight is 199 g/mol. The summed E-state index contributed by atoms with van der Waals surface area (Å²) in [6.07, 6.45) is 1.11. The average Bonchev–Trinajstić information content (AvgIpc) is 2.19. The van der Waals surface area contributed by atoms with Crippen molar-refractivity contribution in [3.05, 3.63) is 0 Å². The molecule has 1 saturated heterocycles. The maximum absolute atomic E-state index is 11.7. The van der Waals surface area contributed by atoms with Gasteiger partial charge in [-0.05, 0) is 39.8 Å². The van der Waals surface area contributed by atoms with Gasteiger partial charge in [0, 0.05) is 0 Å². The molecule has 1 aliphatic heterocycles. The van der Waals surface area contributed by atoms with Crippen LogP contribution in [0, 0.1) is 5.41 Å². The van der Waals surface area contributed by atoms with Crippen LogP contribution >= 0.6 is 0 Å². The van der Waals surface area contributed by atoms with Crippen molar-refractivity contribution in [2.24, 2.45) is 5.41 Å². The Morgan fingerprint density at radius 3 is 2.36 bits per heavy atom. The Balaban J connectivity index is 2.80. The molecular weight excluding hydrogens is 182 g/mol. The van der Waals surface area contributed by atoms with E-state index in [1.807, 2.05) is 0 Å². The quantitative estimate of drug-likeness (QED) is 0.531. The lowest BCUT2D eigenvalue weighted by Crippen LogP contribution is -2.47. The highest BCUT2D eigenvalue weighted by Crippen LogP contribution is 2.31. The molecule has 0 aliphatic carbocycles. The van der Waals surface area contributed by atoms with Crippen molar-refractivity contribution >= 4 is 11.8 Å². The van der Waals surface area contributed by atoms with E-state index in [1.165, 1.54) is 6.92 Å². The lowest BCUT2D eigenvalue weighted by molar-refractivity contribution is -0.161. The highest BCUT2D eigenvalue weighted by atomic mass is 16.5. The van der Waals surface area contributed by atoms with Crippen LogP contribution in [-0.4, -0.2) is 31.4 Å². The Hall–Kier alpha value is -0.900. The molecule has 0 aromatic carbocycles. The Morgan fingerprint density at radius 2 is 1.93 bits per heavy atom. The van der Waals surface area contributed by atoms with Gasteiger partial charge in [-0.15, -0.1) is 0 Å². The molecule has 0 unspecified atom stereocenters. The highest BCUT2D eigenvalue weighted by Gasteiger charge is 2.45. The molecule has 0 atom stereocenters. The minimum atomic E-state index is -0.874. The van der Waals surface area contributed by atoms with Crippen LogP contribution in [0.15, 0.2) is 0 Å². The van der Waals surface area contributed by atoms with Gasteiger partial charge >= 0.3 is 5.97 Å². The van der Waals surface area contributed by atoms with Crippen molar-refractivity contribution in [1.82, 2.24) is 5.32 Å². The van der Waals surface area contributed by atoms with Gasteiger partial charge in [0.05, 0.1) is 6.61 Å². The van der Waals surface area contributed by atoms with Crippen molar-refractivity contribution in [2.45, 2.75) is 26.7 Å². The molecule has 0 bridgehead atoms. The third-order valence-corrected chi connectivity index (χ3v) is 2.80. The first-order valence-electron chi connectivity index (χ1n) is 5.02. The van der Waals surface area contributed by atoms with E-state index in [0.29, 0.717) is 32.5 Å². The van der Waals surface area contributed by atoms with Crippen molar-refractivity contribution in [3.63, 3.8) is 0 Å². The smallest absolute Gasteiger partial charge is 0.319 e. The van der Waals surface area contributed by atoms with Crippen molar-refractivity contribution in [3.8, 4) is 0 Å². The fraction of sp³-hybridized carbons (Fsp3) is 0.800. The normalized spacial score (nSPS) is 20.1. The summed E-state index contributed by atoms with van der Waals surface area (Å²) < 4.78 is 4.96. The van der Waals surface area contributed by atoms with Crippen LogP contribution in [0.3, 0.4) is 0 Å². The number of nitrogens with one attached hydrogen (secondary N) is 1. The molecular formula is C10H17NO3. The van der Waals surface area contributed by atoms with E-state index in [-0.39, 0.29) is 11.8 Å². The van der Waals surface area contributed by atoms with Gasteiger partial charge in [-0.3, -0.25) is 9.59 Å². The molecule has 0 radical (unpaired) electrons. The van der Waals surface area contributed by atoms with Gasteiger partial charge in [-0.25, -0.2) is 0 Å². The summed E-state index contributed by atoms with van der Waals surface area (Å²) in [6, 6.07) is 0. The second-order valence-electron chi connectivity index (χ2n) is 3.61. The first kappa shape index (κ1) is 11.2. The maximum atomic E-state index is 11.7. The molecule has 0 amide bonds. The van der Waals surface area contributed by atoms with Crippen LogP contribution in [0.5, 0.6) is 0 Å². The zero-order chi connectivity index (χ0) is 10.6. The Bertz CT molecular complexity index is 232. The number of carbonyl (C=O) groups excluding carboxylic acids is 2. The number of hydrogen-bond donors (Lipinski definition) is 1. The van der Waals surface area contributed by atoms with Gasteiger partial charge in [-0.1, -0.05) is 0 Å². The molecule has 0 saturated carbocycles. The monoisotopic (exact) mass is 199 g/mol. The Kier molecular flexibility index (Phi) is 3.63. The Morgan fingerprint density at radius 1 is 1.36 bits per heavy atom. The summed E-state index contributed by atoms with van der Waals surface area (Å²) in [5.74, 6) is -0.425. The number of ether oxygens (including phenoxy) is 1. The van der Waals surface area contributed by atoms with Gasteiger partial charge < -0.3 is 10.1 Å². The molecule has 1 N–H and O–H groups in total. The molecule has 80 valence electrons. The van der Waals surface area contributed by atoms with E-state index >= 15 is 0 Å². The highest BCUT2D eigenvalue weighted by molar-refractivity contribution is 6.02. The van der Waals surface area contributed by atoms with E-state index in [9.17, 15) is 9.59 Å². The van der Waals surface area contributed by atoms with Crippen molar-refractivity contribution in [2.75, 3.05) is 19.7 Å². The van der Waals surface area contributed by atoms with Gasteiger partial charge in [0.15, 0.2) is 0 Å². The fourth-order valence-corrected chi connectivity index (χ4v) is 1.82. The van der Waals surface area contributed by atoms with Crippen LogP contribution in [-0.2, 0) is 14.3 Å². The molecule has 1 aliphatic rings. The van der Waals surface area contributed by atoms with Gasteiger partial charge in [0.25, 0.3) is 0 Å². The van der Waals surface area contributed by atoms with E-state index in [2.05, 4.69) is 5.32 Å². The SMILES string of the molecule is CCOC(=O)C1(C(C)=O)CCNCC1. The van der Waals surface area contributed by atoms with E-state index in [0.717, 1.165) is 0 Å². The predicted molar refractivity (Wildman–Crippen MR) is 51.9 cm³/mol. The summed E-state index contributed by atoms with van der Waals surface area (Å²) in [6.45, 7) is 4.98. The molecule has 0 aromatic heterocycles. The second kappa shape index (κ2) is 4.55. The van der Waals surface area contributed by atoms with Crippen LogP contribution in [0.25, 0.3) is 0 Å². The predicted octanol–water partition coefficient (Wildman–Crippen LogP) is 0.508. The van der Waals surface area contributed by atoms with E-state index < -0.39 is 5.41 Å². The third-order valence-electron chi connectivity index (χ3n) is 2.80. The van der Waals surface area contributed by atoms with Crippen LogP contribution < -0.4 is 5.32 Å². The minimum Gasteiger partial charge on any atom is -0.465 e. The van der Waals surface area contributed by atoms with Crippen molar-refractivity contribution in [1.29, 1.82) is 0 Å². The van der Waals surface area contributed by atoms with Crippen LogP contribution in [0.1, 0.15) is 26.7 Å². The minimum absolute atomic E-state index is 0.0718. The van der Waals surface area contributed by atoms with E-state index in [4.69, 9.17) is 4.74 Å². The number of rotatable bonds is 3. The van der Waals surface area contributed by atoms with Gasteiger partial charge in [0.2, 0.25) is 0 Å². The molecule has 4 nitrogen and oxygen atoms in total. The largest absolute Gasteiger partial charge is 0.465 e. The second-order valence-corrected chi connectivity index (χ2v) is 3.61. The summed E-state index contributed by atoms with van der Waals surface area (Å²) in [5.41, 5.74) is -0.874. The lowest BCUT2D eigenvalue weighted by Gasteiger charge is -2.32. The summed E-state index contributed by atoms with van der Waals surface area (Å²) in [4.78, 5) is 23.2. The number of ketones is 1. The molecule has 4 heteroatoms. The van der Waals surface area contributed by atoms with Crippen molar-refractivity contribution < 1.29 is 14.3 Å². The molecule has 1 fully saturated rings. The Labute approximate surface area is 84.0 Å². The molecule has 14 heavy (non-hydrogen) atoms. The number of hydrogen-bond acceptors (Lipinski definition) is 4. The summed E-state index contributed by atoms with van der Waals surface area (Å²) >= 11 is 0. The summed E-state index contributed by atoms with van der Waals surface area (Å²) in [5, 5.41) is 3.13. The lowest BCUT2D eigenvalue weighted by atomic mass is 9.76. The number of esters is 1. The number of carbonyl (C=O) groups is 2. The van der Waals surface area contributed by atoms with Crippen LogP contribution in [0.2, 0.25) is 0 Å². The molecule has 0 aromatic rings. The zero-order valence-electron chi connectivity index (χ0n) is 8.76. The van der Waals surface area contributed by atoms with Gasteiger partial charge in [-0.2, -0.15) is 0 Å². The number of piperidine rings is 1.